The molecule has 7 heteroatoms. The summed E-state index contributed by atoms with van der Waals surface area (Å²) >= 11 is 5.80. The van der Waals surface area contributed by atoms with Crippen LogP contribution in [0.2, 0.25) is 5.02 Å². The molecule has 0 saturated carbocycles. The van der Waals surface area contributed by atoms with E-state index in [2.05, 4.69) is 5.32 Å². The maximum Gasteiger partial charge on any atom is 0.252 e. The van der Waals surface area contributed by atoms with Gasteiger partial charge in [-0.2, -0.15) is 0 Å². The molecule has 22 heavy (non-hydrogen) atoms. The minimum atomic E-state index is -0.505. The molecule has 0 atom stereocenters. The van der Waals surface area contributed by atoms with E-state index in [1.807, 2.05) is 0 Å². The van der Waals surface area contributed by atoms with Gasteiger partial charge in [0.25, 0.3) is 5.91 Å². The lowest BCUT2D eigenvalue weighted by atomic mass is 10.2. The molecule has 0 aliphatic rings. The van der Waals surface area contributed by atoms with Crippen molar-refractivity contribution in [1.82, 2.24) is 10.2 Å². The van der Waals surface area contributed by atoms with Gasteiger partial charge in [-0.3, -0.25) is 9.59 Å². The number of nitrogens with zero attached hydrogens (tertiary/aromatic N) is 1. The molecule has 0 saturated heterocycles. The molecule has 1 rings (SSSR count). The number of carbonyl (C=O) groups is 2. The van der Waals surface area contributed by atoms with Crippen molar-refractivity contribution in [1.29, 1.82) is 0 Å². The van der Waals surface area contributed by atoms with E-state index in [-0.39, 0.29) is 29.5 Å². The lowest BCUT2D eigenvalue weighted by Gasteiger charge is -2.17. The number of nitrogens with one attached hydrogen (secondary N) is 1. The Morgan fingerprint density at radius 2 is 2.14 bits per heavy atom. The summed E-state index contributed by atoms with van der Waals surface area (Å²) in [6.45, 7) is 1.39. The number of carbonyl (C=O) groups excluding carboxylic acids is 2. The standard InChI is InChI=1S/C15H20ClFN2O3/c1-19(8-3-9-22-2)14(20)6-7-18-15(21)12-5-4-11(17)10-13(12)16/h4-5,10H,3,6-9H2,1-2H3,(H,18,21). The first-order valence-electron chi connectivity index (χ1n) is 6.92. The number of amides is 2. The molecular formula is C15H20ClFN2O3. The zero-order chi connectivity index (χ0) is 16.5. The highest BCUT2D eigenvalue weighted by molar-refractivity contribution is 6.33. The molecule has 1 N–H and O–H groups in total. The normalized spacial score (nSPS) is 10.4. The van der Waals surface area contributed by atoms with E-state index in [0.717, 1.165) is 18.6 Å². The Hall–Kier alpha value is -1.66. The largest absolute Gasteiger partial charge is 0.385 e. The zero-order valence-electron chi connectivity index (χ0n) is 12.7. The van der Waals surface area contributed by atoms with Gasteiger partial charge >= 0.3 is 0 Å². The van der Waals surface area contributed by atoms with Crippen LogP contribution in [0.1, 0.15) is 23.2 Å². The Labute approximate surface area is 134 Å². The first kappa shape index (κ1) is 18.4. The Bertz CT molecular complexity index is 526. The Morgan fingerprint density at radius 3 is 2.77 bits per heavy atom. The highest BCUT2D eigenvalue weighted by atomic mass is 35.5. The van der Waals surface area contributed by atoms with Gasteiger partial charge in [0.2, 0.25) is 5.91 Å². The van der Waals surface area contributed by atoms with Crippen molar-refractivity contribution in [2.24, 2.45) is 0 Å². The highest BCUT2D eigenvalue weighted by Gasteiger charge is 2.12. The van der Waals surface area contributed by atoms with E-state index in [4.69, 9.17) is 16.3 Å². The predicted molar refractivity (Wildman–Crippen MR) is 82.5 cm³/mol. The minimum absolute atomic E-state index is 0.0421. The van der Waals surface area contributed by atoms with E-state index in [1.54, 1.807) is 19.1 Å². The van der Waals surface area contributed by atoms with Crippen molar-refractivity contribution in [3.63, 3.8) is 0 Å². The average Bonchev–Trinajstić information content (AvgIpc) is 2.47. The first-order chi connectivity index (χ1) is 10.5. The highest BCUT2D eigenvalue weighted by Crippen LogP contribution is 2.16. The fourth-order valence-corrected chi connectivity index (χ4v) is 2.07. The van der Waals surface area contributed by atoms with Gasteiger partial charge in [-0.05, 0) is 24.6 Å². The van der Waals surface area contributed by atoms with Crippen molar-refractivity contribution in [2.45, 2.75) is 12.8 Å². The third-order valence-electron chi connectivity index (χ3n) is 3.07. The summed E-state index contributed by atoms with van der Waals surface area (Å²) in [6, 6.07) is 3.55. The predicted octanol–water partition coefficient (Wildman–Crippen LogP) is 2.09. The molecule has 0 aliphatic heterocycles. The second kappa shape index (κ2) is 9.38. The van der Waals surface area contributed by atoms with Crippen LogP contribution < -0.4 is 5.32 Å². The molecule has 2 amide bonds. The van der Waals surface area contributed by atoms with Crippen molar-refractivity contribution >= 4 is 23.4 Å². The number of benzene rings is 1. The number of ether oxygens (including phenoxy) is 1. The van der Waals surface area contributed by atoms with E-state index < -0.39 is 11.7 Å². The van der Waals surface area contributed by atoms with Gasteiger partial charge in [0, 0.05) is 40.3 Å². The fourth-order valence-electron chi connectivity index (χ4n) is 1.81. The molecule has 0 unspecified atom stereocenters. The first-order valence-corrected chi connectivity index (χ1v) is 7.29. The second-order valence-corrected chi connectivity index (χ2v) is 5.20. The summed E-state index contributed by atoms with van der Waals surface area (Å²) < 4.78 is 17.8. The second-order valence-electron chi connectivity index (χ2n) is 4.79. The molecule has 0 aromatic heterocycles. The van der Waals surface area contributed by atoms with Crippen molar-refractivity contribution in [3.05, 3.63) is 34.6 Å². The number of hydrogen-bond acceptors (Lipinski definition) is 3. The van der Waals surface area contributed by atoms with Crippen molar-refractivity contribution < 1.29 is 18.7 Å². The summed E-state index contributed by atoms with van der Waals surface area (Å²) in [5, 5.41) is 2.64. The van der Waals surface area contributed by atoms with Crippen LogP contribution in [0.15, 0.2) is 18.2 Å². The van der Waals surface area contributed by atoms with E-state index >= 15 is 0 Å². The lowest BCUT2D eigenvalue weighted by Crippen LogP contribution is -2.33. The van der Waals surface area contributed by atoms with Crippen LogP contribution in [0, 0.1) is 5.82 Å². The monoisotopic (exact) mass is 330 g/mol. The molecule has 0 radical (unpaired) electrons. The summed E-state index contributed by atoms with van der Waals surface area (Å²) in [6.07, 6.45) is 0.949. The van der Waals surface area contributed by atoms with E-state index in [9.17, 15) is 14.0 Å². The van der Waals surface area contributed by atoms with Crippen LogP contribution >= 0.6 is 11.6 Å². The Balaban J connectivity index is 2.37. The Morgan fingerprint density at radius 1 is 1.41 bits per heavy atom. The quantitative estimate of drug-likeness (QED) is 0.743. The summed E-state index contributed by atoms with van der Waals surface area (Å²) in [4.78, 5) is 25.3. The van der Waals surface area contributed by atoms with Crippen LogP contribution in [0.3, 0.4) is 0 Å². The number of halogens is 2. The molecule has 122 valence electrons. The van der Waals surface area contributed by atoms with Crippen molar-refractivity contribution in [3.8, 4) is 0 Å². The maximum atomic E-state index is 12.9. The van der Waals surface area contributed by atoms with Crippen LogP contribution in [0.4, 0.5) is 4.39 Å². The van der Waals surface area contributed by atoms with Crippen molar-refractivity contribution in [2.75, 3.05) is 33.9 Å². The molecule has 5 nitrogen and oxygen atoms in total. The van der Waals surface area contributed by atoms with Gasteiger partial charge in [0.05, 0.1) is 10.6 Å². The smallest absolute Gasteiger partial charge is 0.252 e. The molecular weight excluding hydrogens is 311 g/mol. The lowest BCUT2D eigenvalue weighted by molar-refractivity contribution is -0.129. The SMILES string of the molecule is COCCCN(C)C(=O)CCNC(=O)c1ccc(F)cc1Cl. The van der Waals surface area contributed by atoms with Gasteiger partial charge in [0.1, 0.15) is 5.82 Å². The molecule has 0 aliphatic carbocycles. The number of hydrogen-bond donors (Lipinski definition) is 1. The van der Waals surface area contributed by atoms with Gasteiger partial charge in [-0.15, -0.1) is 0 Å². The minimum Gasteiger partial charge on any atom is -0.385 e. The molecule has 0 heterocycles. The van der Waals surface area contributed by atoms with E-state index in [0.29, 0.717) is 13.2 Å². The van der Waals surface area contributed by atoms with Crippen LogP contribution in [0.25, 0.3) is 0 Å². The molecule has 0 fully saturated rings. The number of rotatable bonds is 8. The summed E-state index contributed by atoms with van der Waals surface area (Å²) in [7, 11) is 3.31. The molecule has 1 aromatic carbocycles. The van der Waals surface area contributed by atoms with Gasteiger partial charge in [0.15, 0.2) is 0 Å². The topological polar surface area (TPSA) is 58.6 Å². The summed E-state index contributed by atoms with van der Waals surface area (Å²) in [5.74, 6) is -1.00. The fraction of sp³-hybridized carbons (Fsp3) is 0.467. The van der Waals surface area contributed by atoms with Gasteiger partial charge in [-0.1, -0.05) is 11.6 Å². The molecule has 1 aromatic rings. The summed E-state index contributed by atoms with van der Waals surface area (Å²) in [5.41, 5.74) is 0.184. The van der Waals surface area contributed by atoms with Crippen LogP contribution in [-0.4, -0.2) is 50.6 Å². The molecule has 0 spiro atoms. The number of methoxy groups -OCH3 is 1. The third kappa shape index (κ3) is 5.99. The Kier molecular flexibility index (Phi) is 7.84. The van der Waals surface area contributed by atoms with Crippen LogP contribution in [-0.2, 0) is 9.53 Å². The average molecular weight is 331 g/mol. The van der Waals surface area contributed by atoms with Gasteiger partial charge in [-0.25, -0.2) is 4.39 Å². The zero-order valence-corrected chi connectivity index (χ0v) is 13.5. The third-order valence-corrected chi connectivity index (χ3v) is 3.38. The van der Waals surface area contributed by atoms with E-state index in [1.165, 1.54) is 6.07 Å². The van der Waals surface area contributed by atoms with Crippen LogP contribution in [0.5, 0.6) is 0 Å². The van der Waals surface area contributed by atoms with Gasteiger partial charge < -0.3 is 15.0 Å². The molecule has 0 bridgehead atoms. The maximum absolute atomic E-state index is 12.9.